The molecule has 29 heavy (non-hydrogen) atoms. The highest BCUT2D eigenvalue weighted by atomic mass is 127. The first-order valence-electron chi connectivity index (χ1n) is 8.98. The third-order valence-electron chi connectivity index (χ3n) is 4.66. The molecule has 3 heterocycles. The Morgan fingerprint density at radius 3 is 0.897 bits per heavy atom. The Balaban J connectivity index is 1.37. The molecule has 5 rings (SSSR count). The Kier molecular flexibility index (Phi) is 5.93. The van der Waals surface area contributed by atoms with E-state index in [1.54, 1.807) is 0 Å². The molecule has 0 fully saturated rings. The minimum atomic E-state index is 1.28. The maximum absolute atomic E-state index is 2.38. The molecule has 0 bridgehead atoms. The van der Waals surface area contributed by atoms with Gasteiger partial charge in [0.15, 0.2) is 0 Å². The van der Waals surface area contributed by atoms with Crippen LogP contribution >= 0.6 is 79.2 Å². The average molecular weight is 652 g/mol. The predicted octanol–water partition coefficient (Wildman–Crippen LogP) is 9.75. The molecule has 0 N–H and O–H groups in total. The monoisotopic (exact) mass is 652 g/mol. The molecule has 0 aliphatic carbocycles. The van der Waals surface area contributed by atoms with Crippen molar-refractivity contribution in [2.45, 2.75) is 0 Å². The molecule has 5 heteroatoms. The first kappa shape index (κ1) is 19.9. The van der Waals surface area contributed by atoms with Gasteiger partial charge < -0.3 is 0 Å². The molecule has 0 radical (unpaired) electrons. The Morgan fingerprint density at radius 2 is 0.621 bits per heavy atom. The lowest BCUT2D eigenvalue weighted by Gasteiger charge is -2.02. The smallest absolute Gasteiger partial charge is 0.0660 e. The zero-order valence-corrected chi connectivity index (χ0v) is 21.8. The second-order valence-electron chi connectivity index (χ2n) is 6.53. The van der Waals surface area contributed by atoms with E-state index in [-0.39, 0.29) is 0 Å². The highest BCUT2D eigenvalue weighted by molar-refractivity contribution is 14.1. The zero-order chi connectivity index (χ0) is 19.8. The molecule has 0 nitrogen and oxygen atoms in total. The lowest BCUT2D eigenvalue weighted by atomic mass is 10.1. The third-order valence-corrected chi connectivity index (χ3v) is 9.73. The van der Waals surface area contributed by atoms with E-state index in [4.69, 9.17) is 0 Å². The summed E-state index contributed by atoms with van der Waals surface area (Å²) < 4.78 is 2.65. The molecule has 142 valence electrons. The number of hydrogen-bond acceptors (Lipinski definition) is 3. The molecule has 5 aromatic rings. The molecular formula is C24H14I2S3. The molecule has 2 aromatic carbocycles. The van der Waals surface area contributed by atoms with Gasteiger partial charge in [-0.25, -0.2) is 0 Å². The van der Waals surface area contributed by atoms with Crippen molar-refractivity contribution < 1.29 is 0 Å². The van der Waals surface area contributed by atoms with Gasteiger partial charge in [0.2, 0.25) is 0 Å². The average Bonchev–Trinajstić information content (AvgIpc) is 3.49. The quantitative estimate of drug-likeness (QED) is 0.170. The first-order valence-corrected chi connectivity index (χ1v) is 13.6. The maximum atomic E-state index is 2.38. The number of rotatable bonds is 4. The van der Waals surface area contributed by atoms with Crippen molar-refractivity contribution >= 4 is 79.2 Å². The van der Waals surface area contributed by atoms with Gasteiger partial charge in [-0.3, -0.25) is 0 Å². The van der Waals surface area contributed by atoms with Crippen LogP contribution in [0, 0.1) is 5.77 Å². The molecule has 3 aromatic heterocycles. The van der Waals surface area contributed by atoms with Crippen LogP contribution in [0.15, 0.2) is 84.9 Å². The van der Waals surface area contributed by atoms with Crippen LogP contribution in [0.5, 0.6) is 0 Å². The van der Waals surface area contributed by atoms with Crippen molar-refractivity contribution in [2.24, 2.45) is 0 Å². The fourth-order valence-electron chi connectivity index (χ4n) is 3.18. The van der Waals surface area contributed by atoms with Crippen LogP contribution in [0.4, 0.5) is 0 Å². The molecule has 0 saturated carbocycles. The Bertz CT molecular complexity index is 1160. The Labute approximate surface area is 209 Å². The van der Waals surface area contributed by atoms with Crippen LogP contribution in [0.1, 0.15) is 0 Å². The van der Waals surface area contributed by atoms with Crippen LogP contribution < -0.4 is 0 Å². The van der Waals surface area contributed by atoms with Crippen molar-refractivity contribution in [1.82, 2.24) is 0 Å². The van der Waals surface area contributed by atoms with Gasteiger partial charge in [-0.2, -0.15) is 0 Å². The van der Waals surface area contributed by atoms with E-state index in [0.29, 0.717) is 0 Å². The second-order valence-corrected chi connectivity index (χ2v) is 13.6. The lowest BCUT2D eigenvalue weighted by molar-refractivity contribution is 1.68. The topological polar surface area (TPSA) is 0 Å². The molecule has 0 amide bonds. The van der Waals surface area contributed by atoms with Gasteiger partial charge in [0.25, 0.3) is 0 Å². The summed E-state index contributed by atoms with van der Waals surface area (Å²) >= 11 is 10.3. The Morgan fingerprint density at radius 1 is 0.345 bits per heavy atom. The van der Waals surface area contributed by atoms with E-state index in [2.05, 4.69) is 130 Å². The van der Waals surface area contributed by atoms with Crippen LogP contribution in [0.2, 0.25) is 0 Å². The van der Waals surface area contributed by atoms with Crippen molar-refractivity contribution in [3.63, 3.8) is 0 Å². The largest absolute Gasteiger partial charge is 0.135 e. The summed E-state index contributed by atoms with van der Waals surface area (Å²) in [5, 5.41) is 0. The van der Waals surface area contributed by atoms with E-state index < -0.39 is 0 Å². The van der Waals surface area contributed by atoms with Crippen molar-refractivity contribution in [1.29, 1.82) is 0 Å². The van der Waals surface area contributed by atoms with E-state index in [1.165, 1.54) is 47.5 Å². The molecule has 0 aliphatic heterocycles. The van der Waals surface area contributed by atoms with Crippen molar-refractivity contribution in [2.75, 3.05) is 0 Å². The fourth-order valence-corrected chi connectivity index (χ4v) is 7.46. The normalized spacial score (nSPS) is 11.1. The van der Waals surface area contributed by atoms with Gasteiger partial charge in [-0.05, 0) is 104 Å². The van der Waals surface area contributed by atoms with Crippen molar-refractivity contribution in [3.8, 4) is 41.8 Å². The Hall–Kier alpha value is -1.000. The van der Waals surface area contributed by atoms with Crippen LogP contribution in [0.3, 0.4) is 0 Å². The fraction of sp³-hybridized carbons (Fsp3) is 0. The third kappa shape index (κ3) is 4.39. The minimum absolute atomic E-state index is 1.28. The molecule has 0 aliphatic rings. The van der Waals surface area contributed by atoms with Crippen LogP contribution in [-0.2, 0) is 0 Å². The standard InChI is InChI=1S/C24H14I2S3/c25-23-13-11-21(28-23)17-5-1-15(2-6-17)19-9-10-20(27-19)16-3-7-18(8-4-16)22-12-14-24(26)29-22/h1-14H. The minimum Gasteiger partial charge on any atom is -0.135 e. The van der Waals surface area contributed by atoms with Crippen molar-refractivity contribution in [3.05, 3.63) is 90.7 Å². The lowest BCUT2D eigenvalue weighted by Crippen LogP contribution is -1.75. The molecular weight excluding hydrogens is 638 g/mol. The summed E-state index contributed by atoms with van der Waals surface area (Å²) in [7, 11) is 0. The predicted molar refractivity (Wildman–Crippen MR) is 147 cm³/mol. The molecule has 0 spiro atoms. The van der Waals surface area contributed by atoms with Gasteiger partial charge in [0.1, 0.15) is 0 Å². The number of benzene rings is 2. The maximum Gasteiger partial charge on any atom is 0.0660 e. The number of hydrogen-bond donors (Lipinski definition) is 0. The summed E-state index contributed by atoms with van der Waals surface area (Å²) in [5.41, 5.74) is 5.14. The van der Waals surface area contributed by atoms with Crippen LogP contribution in [0.25, 0.3) is 41.8 Å². The van der Waals surface area contributed by atoms with E-state index >= 15 is 0 Å². The number of halogens is 2. The van der Waals surface area contributed by atoms with E-state index in [1.807, 2.05) is 34.0 Å². The van der Waals surface area contributed by atoms with Gasteiger partial charge in [-0.15, -0.1) is 34.0 Å². The van der Waals surface area contributed by atoms with Gasteiger partial charge in [0, 0.05) is 19.5 Å². The summed E-state index contributed by atoms with van der Waals surface area (Å²) in [6.45, 7) is 0. The zero-order valence-electron chi connectivity index (χ0n) is 15.1. The van der Waals surface area contributed by atoms with Crippen LogP contribution in [-0.4, -0.2) is 0 Å². The molecule has 0 saturated heterocycles. The first-order chi connectivity index (χ1) is 14.2. The summed E-state index contributed by atoms with van der Waals surface area (Å²) in [5.74, 6) is 0. The summed E-state index contributed by atoms with van der Waals surface area (Å²) in [4.78, 5) is 5.27. The molecule has 0 atom stereocenters. The van der Waals surface area contributed by atoms with Gasteiger partial charge in [0.05, 0.1) is 5.77 Å². The van der Waals surface area contributed by atoms with E-state index in [0.717, 1.165) is 0 Å². The highest BCUT2D eigenvalue weighted by Crippen LogP contribution is 2.37. The van der Waals surface area contributed by atoms with E-state index in [9.17, 15) is 0 Å². The molecule has 0 unspecified atom stereocenters. The summed E-state index contributed by atoms with van der Waals surface area (Å²) in [6, 6.07) is 31.1. The SMILES string of the molecule is Ic1ccc(-c2ccc(-c3ccc(-c4ccc(-c5ccc(I)s5)cc4)s3)cc2)s1. The number of thiophene rings is 3. The second kappa shape index (κ2) is 8.63. The van der Waals surface area contributed by atoms with Gasteiger partial charge in [-0.1, -0.05) is 48.5 Å². The summed E-state index contributed by atoms with van der Waals surface area (Å²) in [6.07, 6.45) is 0. The van der Waals surface area contributed by atoms with Gasteiger partial charge >= 0.3 is 0 Å². The highest BCUT2D eigenvalue weighted by Gasteiger charge is 2.08.